The molecule has 0 fully saturated rings. The maximum atomic E-state index is 12.2. The van der Waals surface area contributed by atoms with Crippen LogP contribution in [0.4, 0.5) is 5.69 Å². The number of nitrogens with zero attached hydrogens (tertiary/aromatic N) is 1. The van der Waals surface area contributed by atoms with Gasteiger partial charge in [0.1, 0.15) is 5.75 Å². The van der Waals surface area contributed by atoms with Gasteiger partial charge in [-0.1, -0.05) is 23.7 Å². The predicted molar refractivity (Wildman–Crippen MR) is 131 cm³/mol. The molecular weight excluding hydrogens is 458 g/mol. The van der Waals surface area contributed by atoms with Crippen molar-refractivity contribution in [3.63, 3.8) is 0 Å². The number of methoxy groups -OCH3 is 2. The molecule has 9 heteroatoms. The molecule has 0 unspecified atom stereocenters. The Balaban J connectivity index is 1.57. The number of anilines is 1. The number of nitrogens with one attached hydrogen (secondary N) is 2. The molecule has 3 aromatic rings. The van der Waals surface area contributed by atoms with E-state index in [0.29, 0.717) is 39.1 Å². The van der Waals surface area contributed by atoms with Crippen LogP contribution in [0.1, 0.15) is 21.5 Å². The Kier molecular flexibility index (Phi) is 8.48. The highest BCUT2D eigenvalue weighted by Gasteiger charge is 2.10. The molecule has 2 amide bonds. The third kappa shape index (κ3) is 6.73. The van der Waals surface area contributed by atoms with Crippen molar-refractivity contribution in [3.05, 3.63) is 82.4 Å². The van der Waals surface area contributed by atoms with E-state index < -0.39 is 0 Å². The lowest BCUT2D eigenvalue weighted by Gasteiger charge is -2.12. The van der Waals surface area contributed by atoms with E-state index >= 15 is 0 Å². The van der Waals surface area contributed by atoms with E-state index in [9.17, 15) is 9.59 Å². The zero-order valence-corrected chi connectivity index (χ0v) is 19.7. The fourth-order valence-electron chi connectivity index (χ4n) is 2.89. The summed E-state index contributed by atoms with van der Waals surface area (Å²) in [7, 11) is 3.02. The second-order valence-corrected chi connectivity index (χ2v) is 7.55. The molecular formula is C25H24ClN3O5. The van der Waals surface area contributed by atoms with Gasteiger partial charge in [-0.15, -0.1) is 0 Å². The highest BCUT2D eigenvalue weighted by Crippen LogP contribution is 2.27. The summed E-state index contributed by atoms with van der Waals surface area (Å²) < 4.78 is 16.1. The minimum atomic E-state index is -0.372. The predicted octanol–water partition coefficient (Wildman–Crippen LogP) is 4.45. The SMILES string of the molecule is COc1cccc(C(=O)N/N=C/c2ccc(OCC(=O)Nc3ccc(C)c(Cl)c3)c(OC)c2)c1. The number of hydrogen-bond acceptors (Lipinski definition) is 6. The number of hydrazone groups is 1. The first kappa shape index (κ1) is 24.6. The van der Waals surface area contributed by atoms with Gasteiger partial charge in [0.2, 0.25) is 0 Å². The van der Waals surface area contributed by atoms with Crippen LogP contribution in [0, 0.1) is 6.92 Å². The molecule has 0 aromatic heterocycles. The molecule has 0 spiro atoms. The number of hydrogen-bond donors (Lipinski definition) is 2. The molecule has 0 aliphatic rings. The quantitative estimate of drug-likeness (QED) is 0.347. The van der Waals surface area contributed by atoms with Crippen LogP contribution in [-0.4, -0.2) is 38.9 Å². The van der Waals surface area contributed by atoms with Crippen LogP contribution in [0.2, 0.25) is 5.02 Å². The van der Waals surface area contributed by atoms with E-state index in [2.05, 4.69) is 15.8 Å². The minimum absolute atomic E-state index is 0.216. The van der Waals surface area contributed by atoms with Crippen LogP contribution in [0.25, 0.3) is 0 Å². The summed E-state index contributed by atoms with van der Waals surface area (Å²) >= 11 is 6.08. The van der Waals surface area contributed by atoms with Crippen molar-refractivity contribution in [1.82, 2.24) is 5.43 Å². The van der Waals surface area contributed by atoms with Crippen molar-refractivity contribution >= 4 is 35.3 Å². The van der Waals surface area contributed by atoms with Gasteiger partial charge in [0.05, 0.1) is 20.4 Å². The molecule has 0 aliphatic heterocycles. The molecule has 0 saturated heterocycles. The van der Waals surface area contributed by atoms with Crippen LogP contribution in [0.15, 0.2) is 65.8 Å². The third-order valence-electron chi connectivity index (χ3n) is 4.71. The lowest BCUT2D eigenvalue weighted by molar-refractivity contribution is -0.118. The van der Waals surface area contributed by atoms with Gasteiger partial charge in [0, 0.05) is 16.3 Å². The average Bonchev–Trinajstić information content (AvgIpc) is 2.85. The second kappa shape index (κ2) is 11.7. The number of benzene rings is 3. The smallest absolute Gasteiger partial charge is 0.271 e. The Bertz CT molecular complexity index is 1210. The number of halogens is 1. The van der Waals surface area contributed by atoms with Crippen molar-refractivity contribution in [2.75, 3.05) is 26.1 Å². The number of carbonyl (C=O) groups excluding carboxylic acids is 2. The number of ether oxygens (including phenoxy) is 3. The zero-order chi connectivity index (χ0) is 24.5. The van der Waals surface area contributed by atoms with E-state index in [1.54, 1.807) is 54.6 Å². The summed E-state index contributed by atoms with van der Waals surface area (Å²) in [5, 5.41) is 7.27. The van der Waals surface area contributed by atoms with Crippen LogP contribution in [0.5, 0.6) is 17.2 Å². The van der Waals surface area contributed by atoms with Gasteiger partial charge >= 0.3 is 0 Å². The van der Waals surface area contributed by atoms with Crippen LogP contribution in [0.3, 0.4) is 0 Å². The normalized spacial score (nSPS) is 10.6. The Morgan fingerprint density at radius 2 is 1.82 bits per heavy atom. The fourth-order valence-corrected chi connectivity index (χ4v) is 3.07. The molecule has 3 rings (SSSR count). The summed E-state index contributed by atoms with van der Waals surface area (Å²) in [4.78, 5) is 24.4. The lowest BCUT2D eigenvalue weighted by Crippen LogP contribution is -2.20. The van der Waals surface area contributed by atoms with Crippen molar-refractivity contribution in [3.8, 4) is 17.2 Å². The maximum Gasteiger partial charge on any atom is 0.271 e. The third-order valence-corrected chi connectivity index (χ3v) is 5.12. The van der Waals surface area contributed by atoms with Gasteiger partial charge in [0.25, 0.3) is 11.8 Å². The Labute approximate surface area is 202 Å². The molecule has 3 aromatic carbocycles. The molecule has 0 atom stereocenters. The van der Waals surface area contributed by atoms with E-state index in [0.717, 1.165) is 5.56 Å². The summed E-state index contributed by atoms with van der Waals surface area (Å²) in [5.74, 6) is 0.663. The van der Waals surface area contributed by atoms with Crippen LogP contribution >= 0.6 is 11.6 Å². The largest absolute Gasteiger partial charge is 0.497 e. The first-order valence-corrected chi connectivity index (χ1v) is 10.6. The molecule has 0 heterocycles. The number of amides is 2. The van der Waals surface area contributed by atoms with Crippen LogP contribution < -0.4 is 25.0 Å². The molecule has 2 N–H and O–H groups in total. The number of aryl methyl sites for hydroxylation is 1. The maximum absolute atomic E-state index is 12.2. The van der Waals surface area contributed by atoms with E-state index in [4.69, 9.17) is 25.8 Å². The molecule has 34 heavy (non-hydrogen) atoms. The summed E-state index contributed by atoms with van der Waals surface area (Å²) in [6.07, 6.45) is 1.47. The molecule has 176 valence electrons. The first-order valence-electron chi connectivity index (χ1n) is 10.2. The zero-order valence-electron chi connectivity index (χ0n) is 18.9. The van der Waals surface area contributed by atoms with Crippen molar-refractivity contribution in [2.24, 2.45) is 5.10 Å². The number of rotatable bonds is 9. The standard InChI is InChI=1S/C25H24ClN3O5/c1-16-7-9-19(13-21(16)26)28-24(30)15-34-22-10-8-17(11-23(22)33-3)14-27-29-25(31)18-5-4-6-20(12-18)32-2/h4-14H,15H2,1-3H3,(H,28,30)(H,29,31)/b27-14+. The van der Waals surface area contributed by atoms with Gasteiger partial charge < -0.3 is 19.5 Å². The Hall–Kier alpha value is -4.04. The van der Waals surface area contributed by atoms with Gasteiger partial charge in [-0.2, -0.15) is 5.10 Å². The topological polar surface area (TPSA) is 98.3 Å². The minimum Gasteiger partial charge on any atom is -0.497 e. The second-order valence-electron chi connectivity index (χ2n) is 7.14. The summed E-state index contributed by atoms with van der Waals surface area (Å²) in [5.41, 5.74) is 5.05. The van der Waals surface area contributed by atoms with Gasteiger partial charge in [-0.3, -0.25) is 9.59 Å². The van der Waals surface area contributed by atoms with Crippen molar-refractivity contribution in [1.29, 1.82) is 0 Å². The van der Waals surface area contributed by atoms with Gasteiger partial charge in [0.15, 0.2) is 18.1 Å². The lowest BCUT2D eigenvalue weighted by atomic mass is 10.2. The molecule has 0 radical (unpaired) electrons. The summed E-state index contributed by atoms with van der Waals surface area (Å²) in [6.45, 7) is 1.66. The van der Waals surface area contributed by atoms with Gasteiger partial charge in [-0.25, -0.2) is 5.43 Å². The Morgan fingerprint density at radius 1 is 1.00 bits per heavy atom. The van der Waals surface area contributed by atoms with Crippen molar-refractivity contribution in [2.45, 2.75) is 6.92 Å². The molecule has 0 saturated carbocycles. The van der Waals surface area contributed by atoms with Crippen molar-refractivity contribution < 1.29 is 23.8 Å². The van der Waals surface area contributed by atoms with E-state index in [1.807, 2.05) is 13.0 Å². The fraction of sp³-hybridized carbons (Fsp3) is 0.160. The van der Waals surface area contributed by atoms with Crippen LogP contribution in [-0.2, 0) is 4.79 Å². The molecule has 0 bridgehead atoms. The van der Waals surface area contributed by atoms with Gasteiger partial charge in [-0.05, 0) is 66.6 Å². The molecule has 0 aliphatic carbocycles. The average molecular weight is 482 g/mol. The number of carbonyl (C=O) groups is 2. The molecule has 8 nitrogen and oxygen atoms in total. The summed E-state index contributed by atoms with van der Waals surface area (Å²) in [6, 6.07) is 17.0. The first-order chi connectivity index (χ1) is 16.4. The monoisotopic (exact) mass is 481 g/mol. The highest BCUT2D eigenvalue weighted by atomic mass is 35.5. The highest BCUT2D eigenvalue weighted by molar-refractivity contribution is 6.31. The van der Waals surface area contributed by atoms with E-state index in [-0.39, 0.29) is 18.4 Å². The van der Waals surface area contributed by atoms with E-state index in [1.165, 1.54) is 20.4 Å². The Morgan fingerprint density at radius 3 is 2.56 bits per heavy atom.